The van der Waals surface area contributed by atoms with Crippen LogP contribution in [0.15, 0.2) is 18.3 Å². The van der Waals surface area contributed by atoms with Crippen LogP contribution < -0.4 is 5.32 Å². The molecule has 2 aromatic heterocycles. The lowest BCUT2D eigenvalue weighted by Crippen LogP contribution is -2.27. The molecular weight excluding hydrogens is 296 g/mol. The summed E-state index contributed by atoms with van der Waals surface area (Å²) in [6, 6.07) is 3.57. The zero-order valence-corrected chi connectivity index (χ0v) is 13.8. The summed E-state index contributed by atoms with van der Waals surface area (Å²) >= 11 is 0. The Kier molecular flexibility index (Phi) is 5.00. The van der Waals surface area contributed by atoms with Crippen molar-refractivity contribution >= 4 is 11.8 Å². The number of H-pyrrole nitrogens is 1. The van der Waals surface area contributed by atoms with Crippen molar-refractivity contribution in [2.45, 2.75) is 39.7 Å². The van der Waals surface area contributed by atoms with E-state index < -0.39 is 11.7 Å². The first-order valence-electron chi connectivity index (χ1n) is 7.41. The van der Waals surface area contributed by atoms with Crippen LogP contribution in [0.3, 0.4) is 0 Å². The van der Waals surface area contributed by atoms with Crippen LogP contribution in [0, 0.1) is 6.92 Å². The maximum atomic E-state index is 11.8. The molecule has 23 heavy (non-hydrogen) atoms. The van der Waals surface area contributed by atoms with Crippen LogP contribution >= 0.6 is 0 Å². The van der Waals surface area contributed by atoms with Crippen molar-refractivity contribution in [1.29, 1.82) is 0 Å². The number of aromatic nitrogens is 3. The molecule has 0 aliphatic carbocycles. The molecule has 0 bridgehead atoms. The van der Waals surface area contributed by atoms with E-state index in [-0.39, 0.29) is 6.61 Å². The predicted octanol–water partition coefficient (Wildman–Crippen LogP) is 2.66. The number of ether oxygens (including phenoxy) is 1. The highest BCUT2D eigenvalue weighted by atomic mass is 16.6. The Morgan fingerprint density at radius 2 is 2.13 bits per heavy atom. The summed E-state index contributed by atoms with van der Waals surface area (Å²) < 4.78 is 5.23. The first-order valence-corrected chi connectivity index (χ1v) is 7.41. The molecule has 7 nitrogen and oxygen atoms in total. The summed E-state index contributed by atoms with van der Waals surface area (Å²) in [7, 11) is 0. The molecule has 2 heterocycles. The van der Waals surface area contributed by atoms with Crippen LogP contribution in [-0.4, -0.2) is 38.6 Å². The van der Waals surface area contributed by atoms with Gasteiger partial charge in [0.1, 0.15) is 5.60 Å². The molecule has 2 rings (SSSR count). The van der Waals surface area contributed by atoms with E-state index in [0.29, 0.717) is 17.8 Å². The number of nitrogens with zero attached hydrogens (tertiary/aromatic N) is 2. The first-order chi connectivity index (χ1) is 10.8. The van der Waals surface area contributed by atoms with Crippen LogP contribution in [0.4, 0.5) is 10.5 Å². The lowest BCUT2D eigenvalue weighted by molar-refractivity contribution is 0.0635. The van der Waals surface area contributed by atoms with Crippen LogP contribution in [0.2, 0.25) is 0 Å². The quantitative estimate of drug-likeness (QED) is 0.804. The van der Waals surface area contributed by atoms with Crippen molar-refractivity contribution in [3.05, 3.63) is 29.7 Å². The Morgan fingerprint density at radius 3 is 2.74 bits per heavy atom. The van der Waals surface area contributed by atoms with Gasteiger partial charge in [0.2, 0.25) is 0 Å². The fourth-order valence-corrected chi connectivity index (χ4v) is 2.09. The molecule has 0 unspecified atom stereocenters. The van der Waals surface area contributed by atoms with Crippen molar-refractivity contribution in [2.24, 2.45) is 0 Å². The number of carbonyl (C=O) groups excluding carboxylic acids is 1. The molecule has 0 aromatic carbocycles. The fourth-order valence-electron chi connectivity index (χ4n) is 2.09. The Hall–Kier alpha value is -2.41. The molecule has 1 amide bonds. The van der Waals surface area contributed by atoms with Gasteiger partial charge in [-0.15, -0.1) is 0 Å². The third-order valence-electron chi connectivity index (χ3n) is 3.08. The zero-order chi connectivity index (χ0) is 17.0. The minimum atomic E-state index is -0.554. The van der Waals surface area contributed by atoms with Crippen LogP contribution in [-0.2, 0) is 11.2 Å². The molecule has 3 N–H and O–H groups in total. The van der Waals surface area contributed by atoms with Crippen molar-refractivity contribution in [3.8, 4) is 11.3 Å². The average Bonchev–Trinajstić information content (AvgIpc) is 2.87. The monoisotopic (exact) mass is 318 g/mol. The lowest BCUT2D eigenvalue weighted by Gasteiger charge is -2.20. The molecule has 7 heteroatoms. The number of aliphatic hydroxyl groups is 1. The summed E-state index contributed by atoms with van der Waals surface area (Å²) in [4.78, 5) is 16.3. The van der Waals surface area contributed by atoms with Crippen LogP contribution in [0.5, 0.6) is 0 Å². The van der Waals surface area contributed by atoms with Gasteiger partial charge in [0, 0.05) is 24.3 Å². The van der Waals surface area contributed by atoms with Crippen LogP contribution in [0.1, 0.15) is 32.2 Å². The van der Waals surface area contributed by atoms with Gasteiger partial charge in [0.05, 0.1) is 23.3 Å². The van der Waals surface area contributed by atoms with Gasteiger partial charge in [-0.25, -0.2) is 4.79 Å². The highest BCUT2D eigenvalue weighted by Crippen LogP contribution is 2.24. The van der Waals surface area contributed by atoms with E-state index >= 15 is 0 Å². The maximum Gasteiger partial charge on any atom is 0.412 e. The van der Waals surface area contributed by atoms with Gasteiger partial charge in [-0.05, 0) is 39.8 Å². The first kappa shape index (κ1) is 17.0. The minimum absolute atomic E-state index is 0.0342. The number of anilines is 1. The van der Waals surface area contributed by atoms with E-state index in [1.54, 1.807) is 18.3 Å². The second kappa shape index (κ2) is 6.78. The molecule has 0 saturated heterocycles. The standard InChI is InChI=1S/C16H22N4O3/c1-10-12(19-15(22)23-16(2,3)4)5-6-13(18-10)11-9-17-20-14(11)7-8-21/h5-6,9,21H,7-8H2,1-4H3,(H,17,20)(H,19,22). The fraction of sp³-hybridized carbons (Fsp3) is 0.438. The van der Waals surface area contributed by atoms with Crippen molar-refractivity contribution < 1.29 is 14.6 Å². The van der Waals surface area contributed by atoms with Gasteiger partial charge in [-0.2, -0.15) is 5.10 Å². The van der Waals surface area contributed by atoms with Gasteiger partial charge in [-0.3, -0.25) is 15.4 Å². The Balaban J connectivity index is 2.18. The smallest absolute Gasteiger partial charge is 0.412 e. The summed E-state index contributed by atoms with van der Waals surface area (Å²) in [5, 5.41) is 18.6. The molecule has 0 spiro atoms. The molecule has 0 aliphatic rings. The van der Waals surface area contributed by atoms with Gasteiger partial charge in [-0.1, -0.05) is 0 Å². The molecule has 0 fully saturated rings. The highest BCUT2D eigenvalue weighted by Gasteiger charge is 2.17. The number of nitrogens with one attached hydrogen (secondary N) is 2. The normalized spacial score (nSPS) is 11.3. The van der Waals surface area contributed by atoms with Crippen LogP contribution in [0.25, 0.3) is 11.3 Å². The predicted molar refractivity (Wildman–Crippen MR) is 87.2 cm³/mol. The maximum absolute atomic E-state index is 11.8. The van der Waals surface area contributed by atoms with E-state index in [1.165, 1.54) is 0 Å². The third kappa shape index (κ3) is 4.53. The highest BCUT2D eigenvalue weighted by molar-refractivity contribution is 5.86. The minimum Gasteiger partial charge on any atom is -0.444 e. The number of aromatic amines is 1. The Morgan fingerprint density at radius 1 is 1.39 bits per heavy atom. The molecule has 124 valence electrons. The molecule has 0 radical (unpaired) electrons. The number of amides is 1. The van der Waals surface area contributed by atoms with E-state index in [1.807, 2.05) is 27.7 Å². The van der Waals surface area contributed by atoms with Crippen molar-refractivity contribution in [3.63, 3.8) is 0 Å². The number of aryl methyl sites for hydroxylation is 1. The summed E-state index contributed by atoms with van der Waals surface area (Å²) in [5.41, 5.74) is 3.11. The molecular formula is C16H22N4O3. The van der Waals surface area contributed by atoms with E-state index in [9.17, 15) is 4.79 Å². The van der Waals surface area contributed by atoms with E-state index in [2.05, 4.69) is 20.5 Å². The largest absolute Gasteiger partial charge is 0.444 e. The van der Waals surface area contributed by atoms with Gasteiger partial charge >= 0.3 is 6.09 Å². The molecule has 0 aliphatic heterocycles. The molecule has 0 atom stereocenters. The number of carbonyl (C=O) groups is 1. The lowest BCUT2D eigenvalue weighted by atomic mass is 10.1. The number of pyridine rings is 1. The number of aliphatic hydroxyl groups excluding tert-OH is 1. The van der Waals surface area contributed by atoms with E-state index in [0.717, 1.165) is 17.0 Å². The second-order valence-electron chi connectivity index (χ2n) is 6.19. The second-order valence-corrected chi connectivity index (χ2v) is 6.19. The summed E-state index contributed by atoms with van der Waals surface area (Å²) in [5.74, 6) is 0. The topological polar surface area (TPSA) is 100 Å². The van der Waals surface area contributed by atoms with Crippen molar-refractivity contribution in [2.75, 3.05) is 11.9 Å². The van der Waals surface area contributed by atoms with Gasteiger partial charge < -0.3 is 9.84 Å². The number of rotatable bonds is 4. The third-order valence-corrected chi connectivity index (χ3v) is 3.08. The Bertz CT molecular complexity index is 689. The zero-order valence-electron chi connectivity index (χ0n) is 13.8. The number of hydrogen-bond acceptors (Lipinski definition) is 5. The average molecular weight is 318 g/mol. The summed E-state index contributed by atoms with van der Waals surface area (Å²) in [6.45, 7) is 7.27. The molecule has 0 saturated carbocycles. The van der Waals surface area contributed by atoms with Crippen molar-refractivity contribution in [1.82, 2.24) is 15.2 Å². The van der Waals surface area contributed by atoms with E-state index in [4.69, 9.17) is 9.84 Å². The SMILES string of the molecule is Cc1nc(-c2cn[nH]c2CCO)ccc1NC(=O)OC(C)(C)C. The Labute approximate surface area is 135 Å². The van der Waals surface area contributed by atoms with Gasteiger partial charge in [0.25, 0.3) is 0 Å². The summed E-state index contributed by atoms with van der Waals surface area (Å²) in [6.07, 6.45) is 1.64. The molecule has 2 aromatic rings. The van der Waals surface area contributed by atoms with Gasteiger partial charge in [0.15, 0.2) is 0 Å². The number of hydrogen-bond donors (Lipinski definition) is 3.